The van der Waals surface area contributed by atoms with E-state index in [-0.39, 0.29) is 12.4 Å². The summed E-state index contributed by atoms with van der Waals surface area (Å²) in [4.78, 5) is 15.6. The Hall–Kier alpha value is -1.23. The van der Waals surface area contributed by atoms with E-state index in [1.54, 1.807) is 25.2 Å². The first kappa shape index (κ1) is 15.8. The zero-order valence-corrected chi connectivity index (χ0v) is 11.9. The Kier molecular flexibility index (Phi) is 4.85. The highest BCUT2D eigenvalue weighted by atomic mass is 17.1. The molecule has 106 valence electrons. The molecule has 0 bridgehead atoms. The summed E-state index contributed by atoms with van der Waals surface area (Å²) in [6.45, 7) is 7.46. The molecular formula is C15H22O4. The lowest BCUT2D eigenvalue weighted by molar-refractivity contribution is -0.232. The van der Waals surface area contributed by atoms with Crippen LogP contribution in [0, 0.1) is 5.41 Å². The minimum Gasteiger partial charge on any atom is -0.381 e. The SMILES string of the molecule is CC1=CC(=O)CC(C)(C)C1(O)/C=C/C(C)=C\COO. The number of hydrogen-bond donors (Lipinski definition) is 2. The van der Waals surface area contributed by atoms with Gasteiger partial charge >= 0.3 is 0 Å². The summed E-state index contributed by atoms with van der Waals surface area (Å²) in [6, 6.07) is 0. The predicted octanol–water partition coefficient (Wildman–Crippen LogP) is 2.65. The molecule has 4 nitrogen and oxygen atoms in total. The van der Waals surface area contributed by atoms with E-state index in [9.17, 15) is 9.90 Å². The summed E-state index contributed by atoms with van der Waals surface area (Å²) in [6.07, 6.45) is 6.99. The highest BCUT2D eigenvalue weighted by Gasteiger charge is 2.46. The first-order chi connectivity index (χ1) is 8.73. The first-order valence-electron chi connectivity index (χ1n) is 6.29. The second-order valence-corrected chi connectivity index (χ2v) is 5.70. The minimum atomic E-state index is -1.14. The molecule has 0 radical (unpaired) electrons. The number of aliphatic hydroxyl groups is 1. The van der Waals surface area contributed by atoms with Crippen LogP contribution in [0.2, 0.25) is 0 Å². The van der Waals surface area contributed by atoms with E-state index >= 15 is 0 Å². The van der Waals surface area contributed by atoms with E-state index in [1.165, 1.54) is 6.08 Å². The van der Waals surface area contributed by atoms with Crippen molar-refractivity contribution in [2.24, 2.45) is 5.41 Å². The fraction of sp³-hybridized carbons (Fsp3) is 0.533. The third-order valence-corrected chi connectivity index (χ3v) is 3.69. The van der Waals surface area contributed by atoms with Gasteiger partial charge in [-0.3, -0.25) is 10.1 Å². The molecule has 1 aliphatic carbocycles. The maximum atomic E-state index is 11.6. The van der Waals surface area contributed by atoms with Crippen molar-refractivity contribution in [1.82, 2.24) is 0 Å². The zero-order valence-electron chi connectivity index (χ0n) is 11.9. The topological polar surface area (TPSA) is 66.8 Å². The van der Waals surface area contributed by atoms with Crippen molar-refractivity contribution in [2.45, 2.75) is 39.7 Å². The Balaban J connectivity index is 3.05. The molecule has 0 aromatic heterocycles. The summed E-state index contributed by atoms with van der Waals surface area (Å²) >= 11 is 0. The highest BCUT2D eigenvalue weighted by molar-refractivity contribution is 5.92. The van der Waals surface area contributed by atoms with E-state index in [0.717, 1.165) is 5.57 Å². The number of carbonyl (C=O) groups is 1. The molecule has 1 aliphatic rings. The molecule has 1 rings (SSSR count). The van der Waals surface area contributed by atoms with Gasteiger partial charge in [0.1, 0.15) is 12.2 Å². The van der Waals surface area contributed by atoms with Gasteiger partial charge in [0.2, 0.25) is 0 Å². The first-order valence-corrected chi connectivity index (χ1v) is 6.29. The number of carbonyl (C=O) groups excluding carboxylic acids is 1. The van der Waals surface area contributed by atoms with Crippen LogP contribution in [0.25, 0.3) is 0 Å². The van der Waals surface area contributed by atoms with E-state index < -0.39 is 11.0 Å². The lowest BCUT2D eigenvalue weighted by atomic mass is 9.64. The molecule has 0 aromatic carbocycles. The molecule has 0 saturated heterocycles. The summed E-state index contributed by atoms with van der Waals surface area (Å²) in [5.74, 6) is 0.0431. The number of hydrogen-bond acceptors (Lipinski definition) is 4. The van der Waals surface area contributed by atoms with Gasteiger partial charge in [-0.05, 0) is 31.6 Å². The molecular weight excluding hydrogens is 244 g/mol. The van der Waals surface area contributed by atoms with Crippen LogP contribution in [0.4, 0.5) is 0 Å². The van der Waals surface area contributed by atoms with E-state index in [2.05, 4.69) is 4.89 Å². The van der Waals surface area contributed by atoms with E-state index in [0.29, 0.717) is 12.0 Å². The van der Waals surface area contributed by atoms with Crippen LogP contribution in [-0.2, 0) is 9.68 Å². The number of allylic oxidation sites excluding steroid dienone is 3. The van der Waals surface area contributed by atoms with Crippen LogP contribution in [0.1, 0.15) is 34.1 Å². The van der Waals surface area contributed by atoms with Gasteiger partial charge < -0.3 is 5.11 Å². The summed E-state index contributed by atoms with van der Waals surface area (Å²) in [5.41, 5.74) is -0.178. The molecule has 0 aliphatic heterocycles. The molecule has 0 saturated carbocycles. The zero-order chi connectivity index (χ0) is 14.7. The maximum absolute atomic E-state index is 11.6. The molecule has 0 heterocycles. The van der Waals surface area contributed by atoms with Gasteiger partial charge in [-0.25, -0.2) is 4.89 Å². The lowest BCUT2D eigenvalue weighted by Crippen LogP contribution is -2.48. The fourth-order valence-electron chi connectivity index (χ4n) is 2.35. The fourth-order valence-corrected chi connectivity index (χ4v) is 2.35. The molecule has 1 unspecified atom stereocenters. The Morgan fingerprint density at radius 2 is 2.16 bits per heavy atom. The summed E-state index contributed by atoms with van der Waals surface area (Å²) in [7, 11) is 0. The van der Waals surface area contributed by atoms with Crippen LogP contribution in [0.3, 0.4) is 0 Å². The second-order valence-electron chi connectivity index (χ2n) is 5.70. The smallest absolute Gasteiger partial charge is 0.156 e. The van der Waals surface area contributed by atoms with Crippen molar-refractivity contribution in [3.63, 3.8) is 0 Å². The highest BCUT2D eigenvalue weighted by Crippen LogP contribution is 2.44. The minimum absolute atomic E-state index is 0.0431. The van der Waals surface area contributed by atoms with Gasteiger partial charge in [-0.2, -0.15) is 0 Å². The molecule has 0 aromatic rings. The van der Waals surface area contributed by atoms with Crippen molar-refractivity contribution >= 4 is 5.78 Å². The van der Waals surface area contributed by atoms with Crippen LogP contribution in [0.5, 0.6) is 0 Å². The van der Waals surface area contributed by atoms with Gasteiger partial charge in [-0.1, -0.05) is 31.6 Å². The van der Waals surface area contributed by atoms with Crippen LogP contribution in [0.15, 0.2) is 35.5 Å². The second kappa shape index (κ2) is 5.82. The molecule has 0 fully saturated rings. The third kappa shape index (κ3) is 3.41. The molecule has 2 N–H and O–H groups in total. The quantitative estimate of drug-likeness (QED) is 0.466. The Morgan fingerprint density at radius 3 is 2.68 bits per heavy atom. The Bertz CT molecular complexity index is 443. The average molecular weight is 266 g/mol. The third-order valence-electron chi connectivity index (χ3n) is 3.69. The van der Waals surface area contributed by atoms with Crippen molar-refractivity contribution in [2.75, 3.05) is 6.61 Å². The number of rotatable bonds is 4. The van der Waals surface area contributed by atoms with Gasteiger partial charge in [0.15, 0.2) is 5.78 Å². The van der Waals surface area contributed by atoms with Crippen LogP contribution >= 0.6 is 0 Å². The molecule has 19 heavy (non-hydrogen) atoms. The molecule has 4 heteroatoms. The van der Waals surface area contributed by atoms with Crippen molar-refractivity contribution in [1.29, 1.82) is 0 Å². The molecule has 1 atom stereocenters. The van der Waals surface area contributed by atoms with Crippen LogP contribution in [-0.4, -0.2) is 28.4 Å². The largest absolute Gasteiger partial charge is 0.381 e. The van der Waals surface area contributed by atoms with Gasteiger partial charge in [-0.15, -0.1) is 0 Å². The van der Waals surface area contributed by atoms with Gasteiger partial charge in [0, 0.05) is 11.8 Å². The predicted molar refractivity (Wildman–Crippen MR) is 73.6 cm³/mol. The maximum Gasteiger partial charge on any atom is 0.156 e. The standard InChI is InChI=1S/C15H22O4/c1-11(6-8-19-18)5-7-15(17)12(2)9-13(16)10-14(15,3)4/h5-7,9,17-18H,8,10H2,1-4H3/b7-5+,11-6-. The van der Waals surface area contributed by atoms with Gasteiger partial charge in [0.25, 0.3) is 0 Å². The van der Waals surface area contributed by atoms with E-state index in [1.807, 2.05) is 20.8 Å². The lowest BCUT2D eigenvalue weighted by Gasteiger charge is -2.44. The van der Waals surface area contributed by atoms with Crippen molar-refractivity contribution in [3.05, 3.63) is 35.5 Å². The molecule has 0 spiro atoms. The summed E-state index contributed by atoms with van der Waals surface area (Å²) < 4.78 is 0. The monoisotopic (exact) mass is 266 g/mol. The Morgan fingerprint density at radius 1 is 1.53 bits per heavy atom. The normalized spacial score (nSPS) is 27.8. The molecule has 0 amide bonds. The summed E-state index contributed by atoms with van der Waals surface area (Å²) in [5, 5.41) is 19.1. The van der Waals surface area contributed by atoms with E-state index in [4.69, 9.17) is 5.26 Å². The Labute approximate surface area is 114 Å². The van der Waals surface area contributed by atoms with Crippen molar-refractivity contribution in [3.8, 4) is 0 Å². The van der Waals surface area contributed by atoms with Crippen molar-refractivity contribution < 1.29 is 20.0 Å². The van der Waals surface area contributed by atoms with Crippen LogP contribution < -0.4 is 0 Å². The van der Waals surface area contributed by atoms with Gasteiger partial charge in [0.05, 0.1) is 0 Å². The average Bonchev–Trinajstić information content (AvgIpc) is 2.30. The number of ketones is 1.